The molecule has 180 valence electrons. The molecule has 0 spiro atoms. The number of aryl methyl sites for hydroxylation is 1. The first-order chi connectivity index (χ1) is 15.6. The number of hydrogen-bond acceptors (Lipinski definition) is 6. The number of amides is 1. The molecule has 6 nitrogen and oxygen atoms in total. The highest BCUT2D eigenvalue weighted by molar-refractivity contribution is 7.19. The van der Waals surface area contributed by atoms with E-state index >= 15 is 0 Å². The fourth-order valence-corrected chi connectivity index (χ4v) is 5.59. The van der Waals surface area contributed by atoms with Crippen LogP contribution in [-0.2, 0) is 15.7 Å². The van der Waals surface area contributed by atoms with Crippen LogP contribution in [0.1, 0.15) is 59.8 Å². The molecule has 33 heavy (non-hydrogen) atoms. The van der Waals surface area contributed by atoms with Crippen LogP contribution in [0.2, 0.25) is 0 Å². The van der Waals surface area contributed by atoms with Gasteiger partial charge in [0.25, 0.3) is 5.91 Å². The summed E-state index contributed by atoms with van der Waals surface area (Å²) in [6.07, 6.45) is -0.997. The molecule has 2 aromatic heterocycles. The van der Waals surface area contributed by atoms with E-state index in [1.54, 1.807) is 11.8 Å². The first kappa shape index (κ1) is 23.8. The second kappa shape index (κ2) is 9.12. The number of anilines is 1. The van der Waals surface area contributed by atoms with Crippen molar-refractivity contribution in [3.05, 3.63) is 22.1 Å². The number of piperidine rings is 1. The highest BCUT2D eigenvalue weighted by Crippen LogP contribution is 2.42. The van der Waals surface area contributed by atoms with Crippen LogP contribution in [0.15, 0.2) is 6.07 Å². The van der Waals surface area contributed by atoms with E-state index in [4.69, 9.17) is 4.74 Å². The normalized spacial score (nSPS) is 18.4. The molecule has 1 amide bonds. The average Bonchev–Trinajstić information content (AvgIpc) is 3.55. The Bertz CT molecular complexity index is 1060. The van der Waals surface area contributed by atoms with E-state index in [0.29, 0.717) is 49.1 Å². The van der Waals surface area contributed by atoms with Gasteiger partial charge < -0.3 is 15.0 Å². The predicted octanol–water partition coefficient (Wildman–Crippen LogP) is 4.93. The van der Waals surface area contributed by atoms with Gasteiger partial charge in [-0.05, 0) is 37.7 Å². The molecule has 1 unspecified atom stereocenters. The number of nitrogens with zero attached hydrogens (tertiary/aromatic N) is 2. The van der Waals surface area contributed by atoms with E-state index in [1.165, 1.54) is 19.9 Å². The number of fused-ring (bicyclic) bond motifs is 1. The Morgan fingerprint density at radius 1 is 1.27 bits per heavy atom. The highest BCUT2D eigenvalue weighted by Gasteiger charge is 2.37. The standard InChI is InChI=1S/C23H28F3N3O3S/c1-12(14-4-5-14)10-18(30)32-15-6-8-29(9-7-15)17-11-16(23(24,25)26)21-20(28-17)19(13(2)33-21)22(31)27-3/h11-12,14-15H,4-10H2,1-3H3,(H,27,31). The summed E-state index contributed by atoms with van der Waals surface area (Å²) in [5.74, 6) is 0.490. The number of rotatable bonds is 6. The van der Waals surface area contributed by atoms with Crippen molar-refractivity contribution >= 4 is 39.2 Å². The maximum atomic E-state index is 13.9. The lowest BCUT2D eigenvalue weighted by Crippen LogP contribution is -2.38. The zero-order valence-corrected chi connectivity index (χ0v) is 19.7. The quantitative estimate of drug-likeness (QED) is 0.590. The van der Waals surface area contributed by atoms with Gasteiger partial charge in [0.2, 0.25) is 0 Å². The van der Waals surface area contributed by atoms with E-state index in [-0.39, 0.29) is 33.7 Å². The van der Waals surface area contributed by atoms with Crippen molar-refractivity contribution in [3.63, 3.8) is 0 Å². The second-order valence-electron chi connectivity index (χ2n) is 9.01. The predicted molar refractivity (Wildman–Crippen MR) is 121 cm³/mol. The van der Waals surface area contributed by atoms with Crippen LogP contribution in [0.3, 0.4) is 0 Å². The first-order valence-electron chi connectivity index (χ1n) is 11.3. The molecule has 1 N–H and O–H groups in total. The molecule has 2 aromatic rings. The Morgan fingerprint density at radius 3 is 2.52 bits per heavy atom. The van der Waals surface area contributed by atoms with Crippen LogP contribution in [-0.4, -0.2) is 43.1 Å². The molecule has 3 heterocycles. The molecule has 0 bridgehead atoms. The van der Waals surface area contributed by atoms with Crippen LogP contribution < -0.4 is 10.2 Å². The number of ether oxygens (including phenoxy) is 1. The monoisotopic (exact) mass is 483 g/mol. The average molecular weight is 484 g/mol. The molecule has 1 saturated carbocycles. The summed E-state index contributed by atoms with van der Waals surface area (Å²) in [4.78, 5) is 31.3. The number of carbonyl (C=O) groups excluding carboxylic acids is 2. The minimum atomic E-state index is -4.57. The minimum Gasteiger partial charge on any atom is -0.462 e. The SMILES string of the molecule is CNC(=O)c1c(C)sc2c(C(F)(F)F)cc(N3CCC(OC(=O)CC(C)C4CC4)CC3)nc12. The van der Waals surface area contributed by atoms with Gasteiger partial charge in [-0.25, -0.2) is 4.98 Å². The Labute approximate surface area is 194 Å². The van der Waals surface area contributed by atoms with Crippen molar-refractivity contribution in [1.29, 1.82) is 0 Å². The first-order valence-corrected chi connectivity index (χ1v) is 12.1. The summed E-state index contributed by atoms with van der Waals surface area (Å²) < 4.78 is 47.2. The maximum absolute atomic E-state index is 13.9. The lowest BCUT2D eigenvalue weighted by Gasteiger charge is -2.33. The molecule has 1 atom stereocenters. The van der Waals surface area contributed by atoms with E-state index in [0.717, 1.165) is 17.4 Å². The lowest BCUT2D eigenvalue weighted by atomic mass is 10.0. The van der Waals surface area contributed by atoms with Crippen LogP contribution in [0.4, 0.5) is 19.0 Å². The van der Waals surface area contributed by atoms with Gasteiger partial charge in [0.05, 0.1) is 21.3 Å². The largest absolute Gasteiger partial charge is 0.462 e. The van der Waals surface area contributed by atoms with E-state index in [2.05, 4.69) is 17.2 Å². The summed E-state index contributed by atoms with van der Waals surface area (Å²) in [6.45, 7) is 4.54. The summed E-state index contributed by atoms with van der Waals surface area (Å²) >= 11 is 0.930. The van der Waals surface area contributed by atoms with E-state index in [9.17, 15) is 22.8 Å². The molecule has 4 rings (SSSR count). The lowest BCUT2D eigenvalue weighted by molar-refractivity contribution is -0.151. The minimum absolute atomic E-state index is 0.0315. The summed E-state index contributed by atoms with van der Waals surface area (Å²) in [6, 6.07) is 1.07. The number of aromatic nitrogens is 1. The van der Waals surface area contributed by atoms with Gasteiger partial charge in [-0.15, -0.1) is 11.3 Å². The van der Waals surface area contributed by atoms with Gasteiger partial charge in [-0.1, -0.05) is 6.92 Å². The third-order valence-corrected chi connectivity index (χ3v) is 7.67. The van der Waals surface area contributed by atoms with Crippen LogP contribution in [0.5, 0.6) is 0 Å². The number of halogens is 3. The number of esters is 1. The smallest absolute Gasteiger partial charge is 0.417 e. The number of alkyl halides is 3. The van der Waals surface area contributed by atoms with Crippen molar-refractivity contribution in [2.45, 2.75) is 58.2 Å². The molecule has 0 radical (unpaired) electrons. The zero-order valence-electron chi connectivity index (χ0n) is 18.9. The zero-order chi connectivity index (χ0) is 23.9. The third-order valence-electron chi connectivity index (χ3n) is 6.54. The van der Waals surface area contributed by atoms with E-state index < -0.39 is 17.6 Å². The van der Waals surface area contributed by atoms with Gasteiger partial charge in [0.15, 0.2) is 0 Å². The number of thiophene rings is 1. The molecule has 2 fully saturated rings. The maximum Gasteiger partial charge on any atom is 0.417 e. The van der Waals surface area contributed by atoms with Crippen LogP contribution >= 0.6 is 11.3 Å². The van der Waals surface area contributed by atoms with Crippen molar-refractivity contribution in [2.75, 3.05) is 25.0 Å². The molecular formula is C23H28F3N3O3S. The van der Waals surface area contributed by atoms with Crippen molar-refractivity contribution in [2.24, 2.45) is 11.8 Å². The van der Waals surface area contributed by atoms with Crippen molar-refractivity contribution < 1.29 is 27.5 Å². The molecule has 0 aromatic carbocycles. The van der Waals surface area contributed by atoms with E-state index in [1.807, 2.05) is 0 Å². The fraction of sp³-hybridized carbons (Fsp3) is 0.609. The van der Waals surface area contributed by atoms with Crippen molar-refractivity contribution in [3.8, 4) is 0 Å². The van der Waals surface area contributed by atoms with Gasteiger partial charge in [-0.2, -0.15) is 13.2 Å². The summed E-state index contributed by atoms with van der Waals surface area (Å²) in [5.41, 5.74) is -0.531. The van der Waals surface area contributed by atoms with Crippen LogP contribution in [0.25, 0.3) is 10.2 Å². The molecule has 2 aliphatic rings. The van der Waals surface area contributed by atoms with Gasteiger partial charge >= 0.3 is 12.1 Å². The van der Waals surface area contributed by atoms with Gasteiger partial charge in [0.1, 0.15) is 11.9 Å². The van der Waals surface area contributed by atoms with Gasteiger partial charge in [-0.3, -0.25) is 9.59 Å². The number of nitrogens with one attached hydrogen (secondary N) is 1. The Kier molecular flexibility index (Phi) is 6.57. The fourth-order valence-electron chi connectivity index (χ4n) is 4.46. The Morgan fingerprint density at radius 2 is 1.94 bits per heavy atom. The molecular weight excluding hydrogens is 455 g/mol. The summed E-state index contributed by atoms with van der Waals surface area (Å²) in [5, 5.41) is 2.49. The Hall–Kier alpha value is -2.36. The third kappa shape index (κ3) is 5.10. The van der Waals surface area contributed by atoms with Gasteiger partial charge in [0, 0.05) is 44.3 Å². The molecule has 1 saturated heterocycles. The van der Waals surface area contributed by atoms with Crippen LogP contribution in [0, 0.1) is 18.8 Å². The topological polar surface area (TPSA) is 71.5 Å². The second-order valence-corrected chi connectivity index (χ2v) is 10.2. The summed E-state index contributed by atoms with van der Waals surface area (Å²) in [7, 11) is 1.44. The molecule has 1 aliphatic heterocycles. The number of carbonyl (C=O) groups is 2. The Balaban J connectivity index is 1.52. The number of pyridine rings is 1. The highest BCUT2D eigenvalue weighted by atomic mass is 32.1. The molecule has 1 aliphatic carbocycles. The number of hydrogen-bond donors (Lipinski definition) is 1. The van der Waals surface area contributed by atoms with Crippen molar-refractivity contribution in [1.82, 2.24) is 10.3 Å². The molecule has 10 heteroatoms.